The lowest BCUT2D eigenvalue weighted by molar-refractivity contribution is -0.918. The van der Waals surface area contributed by atoms with E-state index in [-0.39, 0.29) is 0 Å². The van der Waals surface area contributed by atoms with Gasteiger partial charge in [-0.05, 0) is 18.2 Å². The van der Waals surface area contributed by atoms with Crippen LogP contribution in [0.15, 0.2) is 53.6 Å². The molecule has 0 bridgehead atoms. The van der Waals surface area contributed by atoms with Crippen molar-refractivity contribution < 1.29 is 14.4 Å². The summed E-state index contributed by atoms with van der Waals surface area (Å²) in [7, 11) is 3.34. The molecule has 0 radical (unpaired) electrons. The third-order valence-electron chi connectivity index (χ3n) is 4.54. The monoisotopic (exact) mass is 340 g/mol. The highest BCUT2D eigenvalue weighted by atomic mass is 16.5. The molecule has 132 valence electrons. The molecule has 1 aliphatic rings. The Morgan fingerprint density at radius 1 is 1.04 bits per heavy atom. The van der Waals surface area contributed by atoms with Crippen LogP contribution in [0.5, 0.6) is 11.5 Å². The molecule has 2 aromatic carbocycles. The van der Waals surface area contributed by atoms with E-state index in [1.165, 1.54) is 5.56 Å². The van der Waals surface area contributed by atoms with Gasteiger partial charge in [0.15, 0.2) is 0 Å². The Kier molecular flexibility index (Phi) is 5.90. The molecule has 0 aliphatic carbocycles. The lowest BCUT2D eigenvalue weighted by Crippen LogP contribution is -3.13. The van der Waals surface area contributed by atoms with Gasteiger partial charge in [-0.2, -0.15) is 5.10 Å². The molecule has 1 aliphatic heterocycles. The van der Waals surface area contributed by atoms with Gasteiger partial charge in [0.2, 0.25) is 0 Å². The maximum atomic E-state index is 5.40. The van der Waals surface area contributed by atoms with E-state index >= 15 is 0 Å². The lowest BCUT2D eigenvalue weighted by atomic mass is 10.2. The Morgan fingerprint density at radius 3 is 2.48 bits per heavy atom. The van der Waals surface area contributed by atoms with Gasteiger partial charge in [-0.3, -0.25) is 5.01 Å². The molecule has 1 saturated heterocycles. The molecule has 0 amide bonds. The zero-order valence-corrected chi connectivity index (χ0v) is 14.9. The summed E-state index contributed by atoms with van der Waals surface area (Å²) in [6, 6.07) is 16.4. The van der Waals surface area contributed by atoms with E-state index in [4.69, 9.17) is 9.47 Å². The predicted molar refractivity (Wildman–Crippen MR) is 99.6 cm³/mol. The molecule has 0 saturated carbocycles. The van der Waals surface area contributed by atoms with Crippen molar-refractivity contribution in [3.05, 3.63) is 59.7 Å². The molecule has 1 fully saturated rings. The van der Waals surface area contributed by atoms with Gasteiger partial charge in [0.05, 0.1) is 46.6 Å². The van der Waals surface area contributed by atoms with Crippen LogP contribution in [0.25, 0.3) is 0 Å². The number of quaternary nitrogens is 1. The summed E-state index contributed by atoms with van der Waals surface area (Å²) in [6.07, 6.45) is 1.86. The molecular weight excluding hydrogens is 314 g/mol. The highest BCUT2D eigenvalue weighted by Crippen LogP contribution is 2.22. The smallest absolute Gasteiger partial charge is 0.127 e. The van der Waals surface area contributed by atoms with Gasteiger partial charge in [-0.1, -0.05) is 30.3 Å². The fourth-order valence-electron chi connectivity index (χ4n) is 3.07. The first-order valence-corrected chi connectivity index (χ1v) is 8.67. The highest BCUT2D eigenvalue weighted by Gasteiger charge is 2.18. The van der Waals surface area contributed by atoms with Crippen LogP contribution in [0.3, 0.4) is 0 Å². The fraction of sp³-hybridized carbons (Fsp3) is 0.350. The predicted octanol–water partition coefficient (Wildman–Crippen LogP) is 1.44. The van der Waals surface area contributed by atoms with Crippen LogP contribution in [-0.2, 0) is 6.54 Å². The number of rotatable bonds is 6. The Balaban J connectivity index is 1.56. The lowest BCUT2D eigenvalue weighted by Gasteiger charge is -2.30. The van der Waals surface area contributed by atoms with Crippen LogP contribution in [0, 0.1) is 0 Å². The standard InChI is InChI=1S/C20H25N3O2/c1-24-19-8-9-20(25-2)18(14-19)15-21-23-12-10-22(11-13-23)16-17-6-4-3-5-7-17/h3-9,14-15H,10-13,16H2,1-2H3/p+1/b21-15+. The largest absolute Gasteiger partial charge is 0.497 e. The number of hydrogen-bond donors (Lipinski definition) is 1. The Bertz CT molecular complexity index is 695. The summed E-state index contributed by atoms with van der Waals surface area (Å²) in [5, 5.41) is 6.77. The molecule has 5 heteroatoms. The molecule has 3 rings (SSSR count). The number of methoxy groups -OCH3 is 2. The van der Waals surface area contributed by atoms with Crippen molar-refractivity contribution >= 4 is 6.21 Å². The van der Waals surface area contributed by atoms with E-state index in [9.17, 15) is 0 Å². The van der Waals surface area contributed by atoms with Crippen molar-refractivity contribution in [1.82, 2.24) is 5.01 Å². The van der Waals surface area contributed by atoms with Crippen molar-refractivity contribution in [2.24, 2.45) is 5.10 Å². The van der Waals surface area contributed by atoms with Crippen LogP contribution in [0.1, 0.15) is 11.1 Å². The molecule has 0 atom stereocenters. The molecule has 2 aromatic rings. The van der Waals surface area contributed by atoms with Crippen molar-refractivity contribution in [3.8, 4) is 11.5 Å². The zero-order chi connectivity index (χ0) is 17.5. The summed E-state index contributed by atoms with van der Waals surface area (Å²) in [5.41, 5.74) is 2.33. The minimum absolute atomic E-state index is 0.804. The average Bonchev–Trinajstić information content (AvgIpc) is 2.68. The van der Waals surface area contributed by atoms with Gasteiger partial charge < -0.3 is 14.4 Å². The van der Waals surface area contributed by atoms with Crippen molar-refractivity contribution in [1.29, 1.82) is 0 Å². The van der Waals surface area contributed by atoms with Crippen molar-refractivity contribution in [2.45, 2.75) is 6.54 Å². The quantitative estimate of drug-likeness (QED) is 0.809. The highest BCUT2D eigenvalue weighted by molar-refractivity contribution is 5.84. The minimum atomic E-state index is 0.804. The Hall–Kier alpha value is -2.53. The minimum Gasteiger partial charge on any atom is -0.497 e. The van der Waals surface area contributed by atoms with Gasteiger partial charge in [-0.15, -0.1) is 0 Å². The molecule has 25 heavy (non-hydrogen) atoms. The second kappa shape index (κ2) is 8.53. The summed E-state index contributed by atoms with van der Waals surface area (Å²) in [5.74, 6) is 1.61. The fourth-order valence-corrected chi connectivity index (χ4v) is 3.07. The topological polar surface area (TPSA) is 38.5 Å². The van der Waals surface area contributed by atoms with Crippen LogP contribution in [0.2, 0.25) is 0 Å². The number of piperazine rings is 1. The number of ether oxygens (including phenoxy) is 2. The van der Waals surface area contributed by atoms with E-state index in [1.54, 1.807) is 19.1 Å². The van der Waals surface area contributed by atoms with Crippen LogP contribution >= 0.6 is 0 Å². The molecular formula is C20H26N3O2+. The Morgan fingerprint density at radius 2 is 1.80 bits per heavy atom. The van der Waals surface area contributed by atoms with Crippen LogP contribution in [0.4, 0.5) is 0 Å². The second-order valence-electron chi connectivity index (χ2n) is 6.22. The number of nitrogens with zero attached hydrogens (tertiary/aromatic N) is 2. The summed E-state index contributed by atoms with van der Waals surface area (Å²) < 4.78 is 10.7. The molecule has 0 aromatic heterocycles. The normalized spacial score (nSPS) is 15.5. The van der Waals surface area contributed by atoms with Crippen LogP contribution < -0.4 is 14.4 Å². The molecule has 0 unspecified atom stereocenters. The number of nitrogens with one attached hydrogen (secondary N) is 1. The second-order valence-corrected chi connectivity index (χ2v) is 6.22. The molecule has 5 nitrogen and oxygen atoms in total. The van der Waals surface area contributed by atoms with Crippen molar-refractivity contribution in [2.75, 3.05) is 40.4 Å². The summed E-state index contributed by atoms with van der Waals surface area (Å²) >= 11 is 0. The Labute approximate surface area is 149 Å². The van der Waals surface area contributed by atoms with Crippen molar-refractivity contribution in [3.63, 3.8) is 0 Å². The first kappa shape index (κ1) is 17.3. The zero-order valence-electron chi connectivity index (χ0n) is 14.9. The number of hydrogen-bond acceptors (Lipinski definition) is 4. The molecule has 0 spiro atoms. The maximum absolute atomic E-state index is 5.40. The van der Waals surface area contributed by atoms with Gasteiger partial charge in [0.25, 0.3) is 0 Å². The average molecular weight is 340 g/mol. The molecule has 1 heterocycles. The third-order valence-corrected chi connectivity index (χ3v) is 4.54. The van der Waals surface area contributed by atoms with E-state index in [1.807, 2.05) is 24.4 Å². The van der Waals surface area contributed by atoms with Crippen LogP contribution in [-0.4, -0.2) is 51.6 Å². The molecule has 1 N–H and O–H groups in total. The first-order valence-electron chi connectivity index (χ1n) is 8.67. The van der Waals surface area contributed by atoms with E-state index < -0.39 is 0 Å². The van der Waals surface area contributed by atoms with Gasteiger partial charge in [0, 0.05) is 11.1 Å². The van der Waals surface area contributed by atoms with Gasteiger partial charge >= 0.3 is 0 Å². The van der Waals surface area contributed by atoms with Gasteiger partial charge in [-0.25, -0.2) is 0 Å². The summed E-state index contributed by atoms with van der Waals surface area (Å²) in [4.78, 5) is 1.61. The number of hydrazone groups is 1. The van der Waals surface area contributed by atoms with E-state index in [2.05, 4.69) is 40.4 Å². The van der Waals surface area contributed by atoms with E-state index in [0.29, 0.717) is 0 Å². The first-order chi connectivity index (χ1) is 12.3. The maximum Gasteiger partial charge on any atom is 0.127 e. The van der Waals surface area contributed by atoms with E-state index in [0.717, 1.165) is 49.8 Å². The number of benzene rings is 2. The third kappa shape index (κ3) is 4.73. The summed E-state index contributed by atoms with van der Waals surface area (Å²) in [6.45, 7) is 5.21. The SMILES string of the molecule is COc1ccc(OC)c(/C=N/N2CC[NH+](Cc3ccccc3)CC2)c1. The van der Waals surface area contributed by atoms with Gasteiger partial charge in [0.1, 0.15) is 18.0 Å².